The van der Waals surface area contributed by atoms with Gasteiger partial charge in [-0.1, -0.05) is 0 Å². The molecule has 5 heteroatoms. The predicted octanol–water partition coefficient (Wildman–Crippen LogP) is -2.01. The van der Waals surface area contributed by atoms with Crippen molar-refractivity contribution in [3.05, 3.63) is 0 Å². The summed E-state index contributed by atoms with van der Waals surface area (Å²) in [5, 5.41) is 25.4. The number of rotatable bonds is 1. The second kappa shape index (κ2) is 2.20. The topological polar surface area (TPSA) is 79.2 Å². The summed E-state index contributed by atoms with van der Waals surface area (Å²) in [7, 11) is 0. The summed E-state index contributed by atoms with van der Waals surface area (Å²) in [5.74, 6) is 0. The molecule has 1 heterocycles. The van der Waals surface area contributed by atoms with Crippen molar-refractivity contribution in [1.29, 1.82) is 0 Å². The van der Waals surface area contributed by atoms with Crippen LogP contribution in [0.15, 0.2) is 0 Å². The molecule has 54 valence electrons. The van der Waals surface area contributed by atoms with Gasteiger partial charge in [0.15, 0.2) is 0 Å². The second-order valence-corrected chi connectivity index (χ2v) is 1.78. The van der Waals surface area contributed by atoms with E-state index in [2.05, 4.69) is 9.47 Å². The van der Waals surface area contributed by atoms with E-state index < -0.39 is 12.3 Å². The minimum atomic E-state index is -2.49. The van der Waals surface area contributed by atoms with Crippen molar-refractivity contribution in [3.8, 4) is 0 Å². The van der Waals surface area contributed by atoms with Gasteiger partial charge in [-0.3, -0.25) is 4.74 Å². The molecule has 1 aliphatic rings. The Bertz CT molecular complexity index is 101. The van der Waals surface area contributed by atoms with Gasteiger partial charge in [0.05, 0.1) is 13.2 Å². The normalized spacial score (nSPS) is 33.0. The van der Waals surface area contributed by atoms with E-state index in [-0.39, 0.29) is 13.2 Å². The molecule has 0 radical (unpaired) electrons. The maximum Gasteiger partial charge on any atom is 0.408 e. The van der Waals surface area contributed by atoms with Crippen LogP contribution in [0, 0.1) is 0 Å². The van der Waals surface area contributed by atoms with Crippen LogP contribution in [0.2, 0.25) is 0 Å². The van der Waals surface area contributed by atoms with Crippen LogP contribution in [0.5, 0.6) is 0 Å². The smallest absolute Gasteiger partial charge is 0.394 e. The number of hydrogen-bond acceptors (Lipinski definition) is 5. The lowest BCUT2D eigenvalue weighted by molar-refractivity contribution is -0.434. The zero-order chi connectivity index (χ0) is 6.91. The molecule has 0 aromatic rings. The highest BCUT2D eigenvalue weighted by molar-refractivity contribution is 4.60. The van der Waals surface area contributed by atoms with Crippen LogP contribution in [0.3, 0.4) is 0 Å². The lowest BCUT2D eigenvalue weighted by Gasteiger charge is -2.11. The molecular formula is C4H8O5. The Balaban J connectivity index is 2.38. The van der Waals surface area contributed by atoms with Gasteiger partial charge < -0.3 is 20.1 Å². The number of aliphatic hydroxyl groups excluding tert-OH is 1. The lowest BCUT2D eigenvalue weighted by Crippen LogP contribution is -2.30. The second-order valence-electron chi connectivity index (χ2n) is 1.78. The zero-order valence-corrected chi connectivity index (χ0v) is 4.65. The maximum absolute atomic E-state index is 8.50. The van der Waals surface area contributed by atoms with E-state index in [9.17, 15) is 0 Å². The van der Waals surface area contributed by atoms with Crippen molar-refractivity contribution in [3.63, 3.8) is 0 Å². The van der Waals surface area contributed by atoms with Crippen molar-refractivity contribution in [2.45, 2.75) is 12.3 Å². The Kier molecular flexibility index (Phi) is 1.69. The fraction of sp³-hybridized carbons (Fsp3) is 1.00. The number of hydrogen-bond donors (Lipinski definition) is 3. The van der Waals surface area contributed by atoms with Gasteiger partial charge in [-0.15, -0.1) is 0 Å². The van der Waals surface area contributed by atoms with Crippen molar-refractivity contribution in [2.75, 3.05) is 13.2 Å². The molecule has 5 nitrogen and oxygen atoms in total. The van der Waals surface area contributed by atoms with Crippen molar-refractivity contribution < 1.29 is 24.8 Å². The molecule has 0 unspecified atom stereocenters. The van der Waals surface area contributed by atoms with Gasteiger partial charge >= 0.3 is 6.16 Å². The molecule has 1 saturated heterocycles. The van der Waals surface area contributed by atoms with Crippen LogP contribution in [0.1, 0.15) is 0 Å². The molecule has 0 aromatic heterocycles. The van der Waals surface area contributed by atoms with Crippen LogP contribution in [0.4, 0.5) is 0 Å². The summed E-state index contributed by atoms with van der Waals surface area (Å²) in [6, 6.07) is 0. The largest absolute Gasteiger partial charge is 0.408 e. The van der Waals surface area contributed by atoms with Crippen LogP contribution in [-0.2, 0) is 9.47 Å². The van der Waals surface area contributed by atoms with Gasteiger partial charge in [-0.2, -0.15) is 0 Å². The van der Waals surface area contributed by atoms with E-state index in [0.717, 1.165) is 0 Å². The van der Waals surface area contributed by atoms with E-state index in [1.54, 1.807) is 0 Å². The monoisotopic (exact) mass is 136 g/mol. The summed E-state index contributed by atoms with van der Waals surface area (Å²) in [6.45, 7) is -0.271. The molecule has 1 rings (SSSR count). The minimum Gasteiger partial charge on any atom is -0.394 e. The summed E-state index contributed by atoms with van der Waals surface area (Å²) in [5.41, 5.74) is 0. The lowest BCUT2D eigenvalue weighted by atomic mass is 10.4. The molecule has 0 aliphatic carbocycles. The average Bonchev–Trinajstić information content (AvgIpc) is 2.10. The summed E-state index contributed by atoms with van der Waals surface area (Å²) >= 11 is 0. The fourth-order valence-corrected chi connectivity index (χ4v) is 0.577. The fourth-order valence-electron chi connectivity index (χ4n) is 0.577. The molecule has 0 aromatic carbocycles. The van der Waals surface area contributed by atoms with Crippen LogP contribution in [-0.4, -0.2) is 40.8 Å². The quantitative estimate of drug-likeness (QED) is 0.363. The summed E-state index contributed by atoms with van der Waals surface area (Å²) < 4.78 is 8.61. The van der Waals surface area contributed by atoms with Gasteiger partial charge in [0.2, 0.25) is 0 Å². The molecule has 1 fully saturated rings. The Labute approximate surface area is 51.4 Å². The standard InChI is InChI=1S/C4H8O5/c5-1-3-2-8-4(6,7)9-3/h3,5-7H,1-2H2/t3-/m0/s1. The first-order chi connectivity index (χ1) is 4.14. The highest BCUT2D eigenvalue weighted by atomic mass is 17.0. The molecule has 0 saturated carbocycles. The third-order valence-corrected chi connectivity index (χ3v) is 0.981. The summed E-state index contributed by atoms with van der Waals surface area (Å²) in [4.78, 5) is 0. The summed E-state index contributed by atoms with van der Waals surface area (Å²) in [6.07, 6.45) is -3.12. The molecule has 0 amide bonds. The first-order valence-electron chi connectivity index (χ1n) is 2.51. The van der Waals surface area contributed by atoms with Gasteiger partial charge in [-0.05, 0) is 0 Å². The molecule has 0 spiro atoms. The number of aliphatic hydroxyl groups is 3. The van der Waals surface area contributed by atoms with Crippen LogP contribution in [0.25, 0.3) is 0 Å². The Morgan fingerprint density at radius 1 is 1.56 bits per heavy atom. The third-order valence-electron chi connectivity index (χ3n) is 0.981. The third kappa shape index (κ3) is 1.60. The van der Waals surface area contributed by atoms with Crippen molar-refractivity contribution in [2.24, 2.45) is 0 Å². The van der Waals surface area contributed by atoms with E-state index in [1.165, 1.54) is 0 Å². The molecule has 1 aliphatic heterocycles. The average molecular weight is 136 g/mol. The Morgan fingerprint density at radius 3 is 2.44 bits per heavy atom. The van der Waals surface area contributed by atoms with E-state index in [4.69, 9.17) is 15.3 Å². The Hall–Kier alpha value is -0.200. The van der Waals surface area contributed by atoms with Gasteiger partial charge in [0.25, 0.3) is 0 Å². The van der Waals surface area contributed by atoms with Crippen LogP contribution >= 0.6 is 0 Å². The molecule has 9 heavy (non-hydrogen) atoms. The zero-order valence-electron chi connectivity index (χ0n) is 4.65. The predicted molar refractivity (Wildman–Crippen MR) is 25.1 cm³/mol. The molecular weight excluding hydrogens is 128 g/mol. The van der Waals surface area contributed by atoms with Gasteiger partial charge in [0.1, 0.15) is 6.10 Å². The number of ether oxygens (including phenoxy) is 2. The van der Waals surface area contributed by atoms with E-state index in [1.807, 2.05) is 0 Å². The van der Waals surface area contributed by atoms with E-state index in [0.29, 0.717) is 0 Å². The maximum atomic E-state index is 8.50. The SMILES string of the molecule is OC[C@H]1COC(O)(O)O1. The molecule has 1 atom stereocenters. The molecule has 3 N–H and O–H groups in total. The Morgan fingerprint density at radius 2 is 2.22 bits per heavy atom. The highest BCUT2D eigenvalue weighted by Gasteiger charge is 2.37. The van der Waals surface area contributed by atoms with Crippen molar-refractivity contribution >= 4 is 0 Å². The van der Waals surface area contributed by atoms with Gasteiger partial charge in [-0.25, -0.2) is 0 Å². The first kappa shape index (κ1) is 6.91. The van der Waals surface area contributed by atoms with Crippen molar-refractivity contribution in [1.82, 2.24) is 0 Å². The first-order valence-corrected chi connectivity index (χ1v) is 2.51. The van der Waals surface area contributed by atoms with Crippen LogP contribution < -0.4 is 0 Å². The van der Waals surface area contributed by atoms with E-state index >= 15 is 0 Å². The van der Waals surface area contributed by atoms with Gasteiger partial charge in [0, 0.05) is 0 Å². The highest BCUT2D eigenvalue weighted by Crippen LogP contribution is 2.16. The minimum absolute atomic E-state index is 0.00347. The molecule has 0 bridgehead atoms.